The third-order valence-electron chi connectivity index (χ3n) is 4.73. The van der Waals surface area contributed by atoms with E-state index in [9.17, 15) is 0 Å². The maximum Gasteiger partial charge on any atom is 0.139 e. The molecule has 0 spiro atoms. The standard InChI is InChI=1S/C17H27N3O2/c21-8-2-3-14-5-7-20(12-14)16-9-17(11-18-10-16)22-13-15-4-1-6-19-15/h9-11,14-15,19,21H,1-8,12-13H2/t14-,15+/m1/s1. The fraction of sp³-hybridized carbons (Fsp3) is 0.706. The van der Waals surface area contributed by atoms with Gasteiger partial charge in [0.1, 0.15) is 12.4 Å². The zero-order chi connectivity index (χ0) is 15.2. The van der Waals surface area contributed by atoms with Gasteiger partial charge in [0.25, 0.3) is 0 Å². The molecule has 0 unspecified atom stereocenters. The van der Waals surface area contributed by atoms with Crippen molar-refractivity contribution < 1.29 is 9.84 Å². The van der Waals surface area contributed by atoms with Gasteiger partial charge in [-0.1, -0.05) is 0 Å². The van der Waals surface area contributed by atoms with E-state index in [1.165, 1.54) is 19.3 Å². The molecule has 5 heteroatoms. The van der Waals surface area contributed by atoms with Crippen molar-refractivity contribution in [1.29, 1.82) is 0 Å². The Morgan fingerprint density at radius 2 is 2.32 bits per heavy atom. The molecule has 0 amide bonds. The molecular weight excluding hydrogens is 278 g/mol. The lowest BCUT2D eigenvalue weighted by atomic mass is 10.0. The number of nitrogens with zero attached hydrogens (tertiary/aromatic N) is 2. The number of anilines is 1. The van der Waals surface area contributed by atoms with Gasteiger partial charge in [-0.25, -0.2) is 0 Å². The Morgan fingerprint density at radius 3 is 3.14 bits per heavy atom. The quantitative estimate of drug-likeness (QED) is 0.804. The number of nitrogens with one attached hydrogen (secondary N) is 1. The van der Waals surface area contributed by atoms with Gasteiger partial charge in [0.05, 0.1) is 18.1 Å². The molecule has 2 saturated heterocycles. The molecule has 0 aliphatic carbocycles. The van der Waals surface area contributed by atoms with Crippen LogP contribution in [0.1, 0.15) is 32.1 Å². The Labute approximate surface area is 132 Å². The van der Waals surface area contributed by atoms with E-state index in [1.807, 2.05) is 6.20 Å². The Morgan fingerprint density at radius 1 is 1.36 bits per heavy atom. The number of hydrogen-bond donors (Lipinski definition) is 2. The molecule has 2 atom stereocenters. The first-order valence-electron chi connectivity index (χ1n) is 8.52. The SMILES string of the molecule is OCCC[C@@H]1CCN(c2cncc(OC[C@@H]3CCCN3)c2)C1. The zero-order valence-electron chi connectivity index (χ0n) is 13.2. The largest absolute Gasteiger partial charge is 0.490 e. The summed E-state index contributed by atoms with van der Waals surface area (Å²) in [6.07, 6.45) is 9.41. The van der Waals surface area contributed by atoms with Crippen molar-refractivity contribution in [2.24, 2.45) is 5.92 Å². The second-order valence-electron chi connectivity index (χ2n) is 6.45. The van der Waals surface area contributed by atoms with Crippen molar-refractivity contribution in [2.45, 2.75) is 38.1 Å². The minimum absolute atomic E-state index is 0.302. The molecule has 122 valence electrons. The number of ether oxygens (including phenoxy) is 1. The summed E-state index contributed by atoms with van der Waals surface area (Å²) in [5.74, 6) is 1.56. The molecule has 0 aromatic carbocycles. The molecule has 1 aromatic rings. The van der Waals surface area contributed by atoms with Gasteiger partial charge in [0.2, 0.25) is 0 Å². The molecule has 2 N–H and O–H groups in total. The highest BCUT2D eigenvalue weighted by atomic mass is 16.5. The molecule has 3 heterocycles. The summed E-state index contributed by atoms with van der Waals surface area (Å²) in [6.45, 7) is 4.27. The zero-order valence-corrected chi connectivity index (χ0v) is 13.2. The van der Waals surface area contributed by atoms with Crippen LogP contribution in [0.3, 0.4) is 0 Å². The van der Waals surface area contributed by atoms with Crippen LogP contribution in [0.5, 0.6) is 5.75 Å². The van der Waals surface area contributed by atoms with Gasteiger partial charge in [-0.15, -0.1) is 0 Å². The molecular formula is C17H27N3O2. The molecule has 2 aliphatic rings. The van der Waals surface area contributed by atoms with E-state index in [1.54, 1.807) is 6.20 Å². The Bertz CT molecular complexity index is 463. The van der Waals surface area contributed by atoms with Crippen LogP contribution in [-0.4, -0.2) is 49.0 Å². The highest BCUT2D eigenvalue weighted by Crippen LogP contribution is 2.28. The van der Waals surface area contributed by atoms with Crippen LogP contribution in [0.4, 0.5) is 5.69 Å². The molecule has 5 nitrogen and oxygen atoms in total. The predicted molar refractivity (Wildman–Crippen MR) is 87.4 cm³/mol. The van der Waals surface area contributed by atoms with E-state index in [-0.39, 0.29) is 0 Å². The van der Waals surface area contributed by atoms with Crippen molar-refractivity contribution in [3.63, 3.8) is 0 Å². The summed E-state index contributed by atoms with van der Waals surface area (Å²) >= 11 is 0. The van der Waals surface area contributed by atoms with Gasteiger partial charge >= 0.3 is 0 Å². The maximum absolute atomic E-state index is 8.95. The molecule has 2 fully saturated rings. The molecule has 0 bridgehead atoms. The van der Waals surface area contributed by atoms with E-state index in [2.05, 4.69) is 21.3 Å². The minimum atomic E-state index is 0.302. The lowest BCUT2D eigenvalue weighted by molar-refractivity contribution is 0.274. The summed E-state index contributed by atoms with van der Waals surface area (Å²) in [4.78, 5) is 6.72. The van der Waals surface area contributed by atoms with Crippen molar-refractivity contribution in [3.8, 4) is 5.75 Å². The van der Waals surface area contributed by atoms with Gasteiger partial charge in [-0.05, 0) is 44.6 Å². The minimum Gasteiger partial charge on any atom is -0.490 e. The number of pyridine rings is 1. The Hall–Kier alpha value is -1.33. The van der Waals surface area contributed by atoms with E-state index in [0.717, 1.165) is 50.5 Å². The first kappa shape index (κ1) is 15.6. The third kappa shape index (κ3) is 4.11. The molecule has 22 heavy (non-hydrogen) atoms. The fourth-order valence-corrected chi connectivity index (χ4v) is 3.44. The van der Waals surface area contributed by atoms with E-state index in [0.29, 0.717) is 18.6 Å². The van der Waals surface area contributed by atoms with Crippen LogP contribution in [0.2, 0.25) is 0 Å². The predicted octanol–water partition coefficient (Wildman–Crippen LogP) is 1.81. The number of aliphatic hydroxyl groups excluding tert-OH is 1. The average molecular weight is 305 g/mol. The Balaban J connectivity index is 1.52. The second-order valence-corrected chi connectivity index (χ2v) is 6.45. The van der Waals surface area contributed by atoms with E-state index in [4.69, 9.17) is 9.84 Å². The summed E-state index contributed by atoms with van der Waals surface area (Å²) in [5, 5.41) is 12.4. The first-order valence-corrected chi connectivity index (χ1v) is 8.52. The normalized spacial score (nSPS) is 24.9. The van der Waals surface area contributed by atoms with Gasteiger partial charge < -0.3 is 20.1 Å². The number of aliphatic hydroxyl groups is 1. The summed E-state index contributed by atoms with van der Waals surface area (Å²) in [7, 11) is 0. The highest BCUT2D eigenvalue weighted by Gasteiger charge is 2.23. The molecule has 0 saturated carbocycles. The average Bonchev–Trinajstić information content (AvgIpc) is 3.23. The van der Waals surface area contributed by atoms with E-state index >= 15 is 0 Å². The second kappa shape index (κ2) is 7.79. The monoisotopic (exact) mass is 305 g/mol. The van der Waals surface area contributed by atoms with Crippen molar-refractivity contribution in [2.75, 3.05) is 37.7 Å². The van der Waals surface area contributed by atoms with Crippen LogP contribution in [0.15, 0.2) is 18.5 Å². The van der Waals surface area contributed by atoms with Crippen molar-refractivity contribution >= 4 is 5.69 Å². The topological polar surface area (TPSA) is 57.6 Å². The number of aromatic nitrogens is 1. The highest BCUT2D eigenvalue weighted by molar-refractivity contribution is 5.49. The van der Waals surface area contributed by atoms with Gasteiger partial charge in [0, 0.05) is 31.8 Å². The van der Waals surface area contributed by atoms with Gasteiger partial charge in [0.15, 0.2) is 0 Å². The molecule has 0 radical (unpaired) electrons. The van der Waals surface area contributed by atoms with Crippen molar-refractivity contribution in [3.05, 3.63) is 18.5 Å². The maximum atomic E-state index is 8.95. The van der Waals surface area contributed by atoms with Crippen LogP contribution in [0, 0.1) is 5.92 Å². The van der Waals surface area contributed by atoms with Crippen LogP contribution >= 0.6 is 0 Å². The summed E-state index contributed by atoms with van der Waals surface area (Å²) < 4.78 is 5.90. The number of rotatable bonds is 7. The first-order chi connectivity index (χ1) is 10.8. The molecule has 3 rings (SSSR count). The van der Waals surface area contributed by atoms with Crippen molar-refractivity contribution in [1.82, 2.24) is 10.3 Å². The summed E-state index contributed by atoms with van der Waals surface area (Å²) in [5.41, 5.74) is 1.16. The third-order valence-corrected chi connectivity index (χ3v) is 4.73. The van der Waals surface area contributed by atoms with Crippen LogP contribution in [0.25, 0.3) is 0 Å². The molecule has 2 aliphatic heterocycles. The van der Waals surface area contributed by atoms with E-state index < -0.39 is 0 Å². The smallest absolute Gasteiger partial charge is 0.139 e. The lowest BCUT2D eigenvalue weighted by Crippen LogP contribution is -2.28. The van der Waals surface area contributed by atoms with Crippen LogP contribution in [-0.2, 0) is 0 Å². The Kier molecular flexibility index (Phi) is 5.51. The van der Waals surface area contributed by atoms with Gasteiger partial charge in [-0.2, -0.15) is 0 Å². The fourth-order valence-electron chi connectivity index (χ4n) is 3.44. The summed E-state index contributed by atoms with van der Waals surface area (Å²) in [6, 6.07) is 2.59. The van der Waals surface area contributed by atoms with Crippen LogP contribution < -0.4 is 15.0 Å². The number of hydrogen-bond acceptors (Lipinski definition) is 5. The van der Waals surface area contributed by atoms with Gasteiger partial charge in [-0.3, -0.25) is 4.98 Å². The lowest BCUT2D eigenvalue weighted by Gasteiger charge is -2.19. The molecule has 1 aromatic heterocycles.